The van der Waals surface area contributed by atoms with E-state index in [1.165, 1.54) is 38.0 Å². The number of hydrogen-bond donors (Lipinski definition) is 0. The molecule has 0 amide bonds. The fourth-order valence-electron chi connectivity index (χ4n) is 1.86. The first kappa shape index (κ1) is 8.61. The SMILES string of the molecule is [CH2]c1ccc(N2CCCCC2)cc1. The van der Waals surface area contributed by atoms with E-state index in [0.29, 0.717) is 0 Å². The second-order valence-electron chi connectivity index (χ2n) is 3.71. The molecule has 0 unspecified atom stereocenters. The number of nitrogens with zero attached hydrogens (tertiary/aromatic N) is 1. The highest BCUT2D eigenvalue weighted by molar-refractivity contribution is 5.48. The van der Waals surface area contributed by atoms with Crippen molar-refractivity contribution in [3.63, 3.8) is 0 Å². The zero-order valence-electron chi connectivity index (χ0n) is 8.00. The maximum atomic E-state index is 3.89. The van der Waals surface area contributed by atoms with Gasteiger partial charge in [-0.15, -0.1) is 0 Å². The lowest BCUT2D eigenvalue weighted by Crippen LogP contribution is -2.29. The van der Waals surface area contributed by atoms with Gasteiger partial charge in [0.2, 0.25) is 0 Å². The van der Waals surface area contributed by atoms with E-state index in [2.05, 4.69) is 36.1 Å². The number of benzene rings is 1. The van der Waals surface area contributed by atoms with Crippen LogP contribution in [-0.2, 0) is 0 Å². The first-order valence-corrected chi connectivity index (χ1v) is 5.03. The normalized spacial score (nSPS) is 17.5. The van der Waals surface area contributed by atoms with Crippen LogP contribution in [-0.4, -0.2) is 13.1 Å². The molecule has 1 saturated heterocycles. The Hall–Kier alpha value is -0.980. The summed E-state index contributed by atoms with van der Waals surface area (Å²) in [5.74, 6) is 0. The van der Waals surface area contributed by atoms with Crippen molar-refractivity contribution in [3.8, 4) is 0 Å². The molecule has 0 spiro atoms. The topological polar surface area (TPSA) is 3.24 Å². The van der Waals surface area contributed by atoms with Gasteiger partial charge in [0, 0.05) is 18.8 Å². The maximum Gasteiger partial charge on any atom is 0.0366 e. The molecule has 1 nitrogen and oxygen atoms in total. The van der Waals surface area contributed by atoms with Gasteiger partial charge in [0.25, 0.3) is 0 Å². The van der Waals surface area contributed by atoms with E-state index in [0.717, 1.165) is 5.56 Å². The molecule has 1 heteroatoms. The minimum absolute atomic E-state index is 1.10. The molecule has 1 heterocycles. The van der Waals surface area contributed by atoms with Gasteiger partial charge in [-0.25, -0.2) is 0 Å². The van der Waals surface area contributed by atoms with E-state index in [1.54, 1.807) is 0 Å². The van der Waals surface area contributed by atoms with Gasteiger partial charge in [-0.2, -0.15) is 0 Å². The highest BCUT2D eigenvalue weighted by Gasteiger charge is 2.09. The molecule has 1 aromatic rings. The van der Waals surface area contributed by atoms with E-state index < -0.39 is 0 Å². The van der Waals surface area contributed by atoms with Crippen molar-refractivity contribution >= 4 is 5.69 Å². The Morgan fingerprint density at radius 2 is 1.54 bits per heavy atom. The van der Waals surface area contributed by atoms with Gasteiger partial charge in [0.15, 0.2) is 0 Å². The minimum atomic E-state index is 1.10. The lowest BCUT2D eigenvalue weighted by molar-refractivity contribution is 0.578. The highest BCUT2D eigenvalue weighted by atomic mass is 15.1. The summed E-state index contributed by atoms with van der Waals surface area (Å²) in [5.41, 5.74) is 2.45. The average Bonchev–Trinajstić information content (AvgIpc) is 2.20. The first-order chi connectivity index (χ1) is 6.36. The van der Waals surface area contributed by atoms with Crippen LogP contribution in [0, 0.1) is 6.92 Å². The molecular formula is C12H16N. The molecule has 69 valence electrons. The smallest absolute Gasteiger partial charge is 0.0366 e. The molecule has 1 radical (unpaired) electrons. The summed E-state index contributed by atoms with van der Waals surface area (Å²) in [4.78, 5) is 2.46. The highest BCUT2D eigenvalue weighted by Crippen LogP contribution is 2.19. The summed E-state index contributed by atoms with van der Waals surface area (Å²) < 4.78 is 0. The monoisotopic (exact) mass is 174 g/mol. The predicted octanol–water partition coefficient (Wildman–Crippen LogP) is 2.86. The molecule has 0 saturated carbocycles. The second kappa shape index (κ2) is 3.82. The Bertz CT molecular complexity index is 257. The third-order valence-corrected chi connectivity index (χ3v) is 2.66. The molecule has 1 aliphatic heterocycles. The van der Waals surface area contributed by atoms with Crippen LogP contribution in [0.15, 0.2) is 24.3 Å². The summed E-state index contributed by atoms with van der Waals surface area (Å²) in [6.45, 7) is 6.33. The largest absolute Gasteiger partial charge is 0.372 e. The van der Waals surface area contributed by atoms with Crippen LogP contribution in [0.3, 0.4) is 0 Å². The van der Waals surface area contributed by atoms with Crippen LogP contribution in [0.4, 0.5) is 5.69 Å². The molecule has 0 atom stereocenters. The van der Waals surface area contributed by atoms with Crippen molar-refractivity contribution in [1.82, 2.24) is 0 Å². The van der Waals surface area contributed by atoms with Crippen LogP contribution in [0.25, 0.3) is 0 Å². The minimum Gasteiger partial charge on any atom is -0.372 e. The van der Waals surface area contributed by atoms with Crippen LogP contribution in [0.1, 0.15) is 24.8 Å². The van der Waals surface area contributed by atoms with E-state index in [9.17, 15) is 0 Å². The Kier molecular flexibility index (Phi) is 2.53. The molecule has 0 N–H and O–H groups in total. The number of piperidine rings is 1. The summed E-state index contributed by atoms with van der Waals surface area (Å²) in [6, 6.07) is 8.52. The molecule has 2 rings (SSSR count). The summed E-state index contributed by atoms with van der Waals surface area (Å²) in [6.07, 6.45) is 4.07. The Morgan fingerprint density at radius 1 is 0.923 bits per heavy atom. The summed E-state index contributed by atoms with van der Waals surface area (Å²) in [5, 5.41) is 0. The lowest BCUT2D eigenvalue weighted by Gasteiger charge is -2.28. The van der Waals surface area contributed by atoms with Crippen molar-refractivity contribution in [2.75, 3.05) is 18.0 Å². The van der Waals surface area contributed by atoms with Gasteiger partial charge in [-0.1, -0.05) is 12.1 Å². The van der Waals surface area contributed by atoms with Crippen LogP contribution in [0.2, 0.25) is 0 Å². The third kappa shape index (κ3) is 2.03. The first-order valence-electron chi connectivity index (χ1n) is 5.03. The van der Waals surface area contributed by atoms with Gasteiger partial charge < -0.3 is 4.90 Å². The number of hydrogen-bond acceptors (Lipinski definition) is 1. The molecule has 1 fully saturated rings. The molecule has 0 bridgehead atoms. The Labute approximate surface area is 80.4 Å². The van der Waals surface area contributed by atoms with Crippen molar-refractivity contribution in [1.29, 1.82) is 0 Å². The van der Waals surface area contributed by atoms with Crippen molar-refractivity contribution in [3.05, 3.63) is 36.8 Å². The van der Waals surface area contributed by atoms with Crippen LogP contribution >= 0.6 is 0 Å². The zero-order chi connectivity index (χ0) is 9.10. The van der Waals surface area contributed by atoms with E-state index in [1.807, 2.05) is 0 Å². The molecule has 1 aromatic carbocycles. The standard InChI is InChI=1S/C12H16N/c1-11-5-7-12(8-6-11)13-9-3-2-4-10-13/h5-8H,1-4,9-10H2. The fourth-order valence-corrected chi connectivity index (χ4v) is 1.86. The third-order valence-electron chi connectivity index (χ3n) is 2.66. The van der Waals surface area contributed by atoms with Crippen molar-refractivity contribution < 1.29 is 0 Å². The van der Waals surface area contributed by atoms with Gasteiger partial charge in [-0.3, -0.25) is 0 Å². The second-order valence-corrected chi connectivity index (χ2v) is 3.71. The molecule has 0 aliphatic carbocycles. The van der Waals surface area contributed by atoms with Gasteiger partial charge in [0.05, 0.1) is 0 Å². The number of rotatable bonds is 1. The van der Waals surface area contributed by atoms with Gasteiger partial charge in [0.1, 0.15) is 0 Å². The van der Waals surface area contributed by atoms with E-state index >= 15 is 0 Å². The predicted molar refractivity (Wildman–Crippen MR) is 57.0 cm³/mol. The molecular weight excluding hydrogens is 158 g/mol. The summed E-state index contributed by atoms with van der Waals surface area (Å²) in [7, 11) is 0. The molecule has 0 aromatic heterocycles. The van der Waals surface area contributed by atoms with Crippen LogP contribution < -0.4 is 4.90 Å². The van der Waals surface area contributed by atoms with Gasteiger partial charge in [-0.05, 0) is 43.9 Å². The lowest BCUT2D eigenvalue weighted by atomic mass is 10.1. The van der Waals surface area contributed by atoms with Crippen molar-refractivity contribution in [2.45, 2.75) is 19.3 Å². The zero-order valence-corrected chi connectivity index (χ0v) is 8.00. The van der Waals surface area contributed by atoms with Gasteiger partial charge >= 0.3 is 0 Å². The quantitative estimate of drug-likeness (QED) is 0.632. The molecule has 1 aliphatic rings. The van der Waals surface area contributed by atoms with E-state index in [4.69, 9.17) is 0 Å². The van der Waals surface area contributed by atoms with Crippen LogP contribution in [0.5, 0.6) is 0 Å². The Morgan fingerprint density at radius 3 is 2.15 bits per heavy atom. The maximum absolute atomic E-state index is 3.89. The fraction of sp³-hybridized carbons (Fsp3) is 0.417. The van der Waals surface area contributed by atoms with Crippen molar-refractivity contribution in [2.24, 2.45) is 0 Å². The Balaban J connectivity index is 2.10. The molecule has 13 heavy (non-hydrogen) atoms. The average molecular weight is 174 g/mol. The summed E-state index contributed by atoms with van der Waals surface area (Å²) >= 11 is 0. The van der Waals surface area contributed by atoms with E-state index in [-0.39, 0.29) is 0 Å². The number of anilines is 1.